The lowest BCUT2D eigenvalue weighted by Gasteiger charge is -2.13. The van der Waals surface area contributed by atoms with Gasteiger partial charge >= 0.3 is 0 Å². The van der Waals surface area contributed by atoms with Crippen LogP contribution in [0.3, 0.4) is 0 Å². The third-order valence-corrected chi connectivity index (χ3v) is 4.38. The van der Waals surface area contributed by atoms with E-state index in [9.17, 15) is 9.90 Å². The van der Waals surface area contributed by atoms with Crippen molar-refractivity contribution in [2.75, 3.05) is 13.2 Å². The molecule has 110 valence electrons. The molecule has 21 heavy (non-hydrogen) atoms. The van der Waals surface area contributed by atoms with Crippen molar-refractivity contribution >= 4 is 17.2 Å². The Balaban J connectivity index is 1.54. The molecule has 0 fully saturated rings. The molecule has 2 heterocycles. The zero-order valence-electron chi connectivity index (χ0n) is 11.5. The van der Waals surface area contributed by atoms with Gasteiger partial charge in [-0.1, -0.05) is 12.1 Å². The lowest BCUT2D eigenvalue weighted by molar-refractivity contribution is -0.120. The Morgan fingerprint density at radius 3 is 3.14 bits per heavy atom. The highest BCUT2D eigenvalue weighted by Gasteiger charge is 2.16. The summed E-state index contributed by atoms with van der Waals surface area (Å²) in [6.07, 6.45) is 0.548. The van der Waals surface area contributed by atoms with E-state index >= 15 is 0 Å². The number of thiophene rings is 1. The molecule has 1 aliphatic rings. The first-order valence-electron chi connectivity index (χ1n) is 6.95. The summed E-state index contributed by atoms with van der Waals surface area (Å²) in [5, 5.41) is 14.9. The van der Waals surface area contributed by atoms with Crippen molar-refractivity contribution in [2.45, 2.75) is 18.9 Å². The lowest BCUT2D eigenvalue weighted by Crippen LogP contribution is -2.29. The predicted octanol–water partition coefficient (Wildman–Crippen LogP) is 2.08. The van der Waals surface area contributed by atoms with E-state index in [1.165, 1.54) is 0 Å². The van der Waals surface area contributed by atoms with Crippen molar-refractivity contribution in [1.29, 1.82) is 0 Å². The molecule has 0 saturated heterocycles. The second-order valence-corrected chi connectivity index (χ2v) is 6.07. The molecule has 0 radical (unpaired) electrons. The van der Waals surface area contributed by atoms with E-state index in [-0.39, 0.29) is 12.5 Å². The van der Waals surface area contributed by atoms with Gasteiger partial charge in [-0.3, -0.25) is 4.79 Å². The number of nitrogens with one attached hydrogen (secondary N) is 1. The Morgan fingerprint density at radius 2 is 2.33 bits per heavy atom. The molecule has 0 bridgehead atoms. The number of ether oxygens (including phenoxy) is 1. The van der Waals surface area contributed by atoms with Gasteiger partial charge in [0, 0.05) is 17.8 Å². The minimum absolute atomic E-state index is 0.0685. The fourth-order valence-electron chi connectivity index (χ4n) is 2.38. The van der Waals surface area contributed by atoms with Crippen LogP contribution in [0.1, 0.15) is 22.1 Å². The van der Waals surface area contributed by atoms with Crippen LogP contribution in [-0.2, 0) is 17.6 Å². The Labute approximate surface area is 127 Å². The molecule has 0 spiro atoms. The Kier molecular flexibility index (Phi) is 4.22. The van der Waals surface area contributed by atoms with E-state index in [1.54, 1.807) is 11.3 Å². The number of aliphatic hydroxyl groups excluding tert-OH is 1. The van der Waals surface area contributed by atoms with Gasteiger partial charge < -0.3 is 15.2 Å². The molecule has 1 aromatic heterocycles. The fraction of sp³-hybridized carbons (Fsp3) is 0.312. The van der Waals surface area contributed by atoms with E-state index in [0.29, 0.717) is 13.0 Å². The summed E-state index contributed by atoms with van der Waals surface area (Å²) >= 11 is 1.56. The van der Waals surface area contributed by atoms with Crippen molar-refractivity contribution in [1.82, 2.24) is 5.32 Å². The van der Waals surface area contributed by atoms with Crippen LogP contribution < -0.4 is 10.1 Å². The summed E-state index contributed by atoms with van der Waals surface area (Å²) in [6.45, 7) is 0.927. The molecule has 4 nitrogen and oxygen atoms in total. The zero-order chi connectivity index (χ0) is 14.7. The predicted molar refractivity (Wildman–Crippen MR) is 81.6 cm³/mol. The van der Waals surface area contributed by atoms with Crippen molar-refractivity contribution in [2.24, 2.45) is 0 Å². The van der Waals surface area contributed by atoms with Crippen molar-refractivity contribution < 1.29 is 14.6 Å². The molecule has 0 aliphatic carbocycles. The maximum Gasteiger partial charge on any atom is 0.225 e. The average Bonchev–Trinajstić information content (AvgIpc) is 3.14. The molecule has 5 heteroatoms. The smallest absolute Gasteiger partial charge is 0.225 e. The molecule has 0 saturated carbocycles. The molecule has 2 aromatic rings. The van der Waals surface area contributed by atoms with Crippen LogP contribution in [0.2, 0.25) is 0 Å². The second kappa shape index (κ2) is 6.28. The Bertz CT molecular complexity index is 624. The van der Waals surface area contributed by atoms with Crippen molar-refractivity contribution in [3.8, 4) is 5.75 Å². The quantitative estimate of drug-likeness (QED) is 0.889. The van der Waals surface area contributed by atoms with Gasteiger partial charge in [0.15, 0.2) is 0 Å². The SMILES string of the molecule is O=C(Cc1cccs1)NC[C@@H](O)c1ccc2c(c1)CCO2. The molecule has 1 atom stereocenters. The van der Waals surface area contributed by atoms with Gasteiger partial charge in [0.25, 0.3) is 0 Å². The van der Waals surface area contributed by atoms with Gasteiger partial charge in [-0.15, -0.1) is 11.3 Å². The molecule has 3 rings (SSSR count). The molecule has 1 aliphatic heterocycles. The molecule has 2 N–H and O–H groups in total. The van der Waals surface area contributed by atoms with Gasteiger partial charge in [0.05, 0.1) is 19.1 Å². The van der Waals surface area contributed by atoms with Crippen LogP contribution in [0.4, 0.5) is 0 Å². The number of hydrogen-bond acceptors (Lipinski definition) is 4. The van der Waals surface area contributed by atoms with E-state index in [2.05, 4.69) is 5.32 Å². The molecule has 1 aromatic carbocycles. The van der Waals surface area contributed by atoms with Gasteiger partial charge in [0.2, 0.25) is 5.91 Å². The monoisotopic (exact) mass is 303 g/mol. The van der Waals surface area contributed by atoms with E-state index < -0.39 is 6.10 Å². The summed E-state index contributed by atoms with van der Waals surface area (Å²) in [6, 6.07) is 9.54. The summed E-state index contributed by atoms with van der Waals surface area (Å²) in [5.41, 5.74) is 1.94. The summed E-state index contributed by atoms with van der Waals surface area (Å²) in [5.74, 6) is 0.827. The summed E-state index contributed by atoms with van der Waals surface area (Å²) in [4.78, 5) is 12.8. The highest BCUT2D eigenvalue weighted by atomic mass is 32.1. The maximum atomic E-state index is 11.8. The van der Waals surface area contributed by atoms with Gasteiger partial charge in [-0.2, -0.15) is 0 Å². The van der Waals surface area contributed by atoms with Crippen LogP contribution in [-0.4, -0.2) is 24.2 Å². The van der Waals surface area contributed by atoms with Crippen LogP contribution in [0.5, 0.6) is 5.75 Å². The maximum absolute atomic E-state index is 11.8. The van der Waals surface area contributed by atoms with Gasteiger partial charge in [0.1, 0.15) is 5.75 Å². The molecule has 1 amide bonds. The number of aliphatic hydroxyl groups is 1. The number of fused-ring (bicyclic) bond motifs is 1. The number of rotatable bonds is 5. The Hall–Kier alpha value is -1.85. The minimum atomic E-state index is -0.691. The topological polar surface area (TPSA) is 58.6 Å². The number of hydrogen-bond donors (Lipinski definition) is 2. The largest absolute Gasteiger partial charge is 0.493 e. The highest BCUT2D eigenvalue weighted by molar-refractivity contribution is 7.10. The van der Waals surface area contributed by atoms with E-state index in [4.69, 9.17) is 4.74 Å². The van der Waals surface area contributed by atoms with E-state index in [0.717, 1.165) is 28.2 Å². The second-order valence-electron chi connectivity index (χ2n) is 5.04. The third kappa shape index (κ3) is 3.43. The normalized spacial score (nSPS) is 14.3. The first-order valence-corrected chi connectivity index (χ1v) is 7.83. The van der Waals surface area contributed by atoms with Crippen LogP contribution in [0.25, 0.3) is 0 Å². The first kappa shape index (κ1) is 14.1. The highest BCUT2D eigenvalue weighted by Crippen LogP contribution is 2.28. The number of carbonyl (C=O) groups is 1. The fourth-order valence-corrected chi connectivity index (χ4v) is 3.08. The number of amides is 1. The lowest BCUT2D eigenvalue weighted by atomic mass is 10.0. The first-order chi connectivity index (χ1) is 10.2. The minimum Gasteiger partial charge on any atom is -0.493 e. The molecular formula is C16H17NO3S. The van der Waals surface area contributed by atoms with Gasteiger partial charge in [-0.25, -0.2) is 0 Å². The summed E-state index contributed by atoms with van der Waals surface area (Å²) in [7, 11) is 0. The molecule has 0 unspecified atom stereocenters. The van der Waals surface area contributed by atoms with Gasteiger partial charge in [-0.05, 0) is 34.7 Å². The van der Waals surface area contributed by atoms with Crippen molar-refractivity contribution in [3.05, 3.63) is 51.7 Å². The third-order valence-electron chi connectivity index (χ3n) is 3.51. The number of carbonyl (C=O) groups excluding carboxylic acids is 1. The van der Waals surface area contributed by atoms with Crippen LogP contribution in [0, 0.1) is 0 Å². The standard InChI is InChI=1S/C16H17NO3S/c18-14(10-17-16(19)9-13-2-1-7-21-13)11-3-4-15-12(8-11)5-6-20-15/h1-4,7-8,14,18H,5-6,9-10H2,(H,17,19)/t14-/m1/s1. The molecular weight excluding hydrogens is 286 g/mol. The average molecular weight is 303 g/mol. The Morgan fingerprint density at radius 1 is 1.43 bits per heavy atom. The number of benzene rings is 1. The van der Waals surface area contributed by atoms with Crippen LogP contribution >= 0.6 is 11.3 Å². The van der Waals surface area contributed by atoms with Crippen molar-refractivity contribution in [3.63, 3.8) is 0 Å². The van der Waals surface area contributed by atoms with E-state index in [1.807, 2.05) is 35.7 Å². The van der Waals surface area contributed by atoms with Crippen LogP contribution in [0.15, 0.2) is 35.7 Å². The zero-order valence-corrected chi connectivity index (χ0v) is 12.4. The summed E-state index contributed by atoms with van der Waals surface area (Å²) < 4.78 is 5.44.